The van der Waals surface area contributed by atoms with E-state index in [1.165, 1.54) is 4.90 Å². The van der Waals surface area contributed by atoms with E-state index in [1.54, 1.807) is 24.3 Å². The van der Waals surface area contributed by atoms with E-state index in [2.05, 4.69) is 6.07 Å². The zero-order valence-electron chi connectivity index (χ0n) is 15.9. The molecule has 1 heterocycles. The number of carbonyl (C=O) groups is 2. The van der Waals surface area contributed by atoms with Crippen molar-refractivity contribution in [3.05, 3.63) is 101 Å². The molecule has 4 rings (SSSR count). The molecule has 3 aromatic carbocycles. The third kappa shape index (κ3) is 3.29. The van der Waals surface area contributed by atoms with E-state index in [0.29, 0.717) is 11.1 Å². The molecule has 0 aliphatic carbocycles. The first kappa shape index (κ1) is 18.0. The first-order chi connectivity index (χ1) is 13.5. The highest BCUT2D eigenvalue weighted by molar-refractivity contribution is 6.21. The number of imide groups is 1. The molecular weight excluding hydrogens is 350 g/mol. The molecule has 0 saturated heterocycles. The molecule has 0 aromatic heterocycles. The van der Waals surface area contributed by atoms with Crippen LogP contribution in [-0.4, -0.2) is 23.3 Å². The van der Waals surface area contributed by atoms with Crippen molar-refractivity contribution in [2.45, 2.75) is 19.9 Å². The lowest BCUT2D eigenvalue weighted by molar-refractivity contribution is 0.0529. The Morgan fingerprint density at radius 1 is 0.786 bits per heavy atom. The average molecular weight is 371 g/mol. The van der Waals surface area contributed by atoms with Crippen molar-refractivity contribution in [1.82, 2.24) is 4.90 Å². The SMILES string of the molecule is Cc1cc(C)cc(OC[C@@H](c2ccccc2)N2C(=O)c3ccccc3C2=O)c1. The van der Waals surface area contributed by atoms with Crippen LogP contribution in [0.15, 0.2) is 72.8 Å². The molecule has 0 fully saturated rings. The number of amides is 2. The van der Waals surface area contributed by atoms with Gasteiger partial charge in [0.25, 0.3) is 11.8 Å². The summed E-state index contributed by atoms with van der Waals surface area (Å²) in [7, 11) is 0. The molecule has 0 radical (unpaired) electrons. The van der Waals surface area contributed by atoms with Crippen molar-refractivity contribution in [1.29, 1.82) is 0 Å². The van der Waals surface area contributed by atoms with Crippen LogP contribution in [0.3, 0.4) is 0 Å². The minimum atomic E-state index is -0.505. The van der Waals surface area contributed by atoms with Crippen LogP contribution in [0.5, 0.6) is 5.75 Å². The molecule has 28 heavy (non-hydrogen) atoms. The van der Waals surface area contributed by atoms with E-state index in [9.17, 15) is 9.59 Å². The summed E-state index contributed by atoms with van der Waals surface area (Å²) in [5.74, 6) is 0.173. The van der Waals surface area contributed by atoms with Gasteiger partial charge in [0, 0.05) is 0 Å². The van der Waals surface area contributed by atoms with Crippen LogP contribution in [0.25, 0.3) is 0 Å². The second-order valence-corrected chi connectivity index (χ2v) is 7.09. The van der Waals surface area contributed by atoms with Gasteiger partial charge in [0.2, 0.25) is 0 Å². The third-order valence-corrected chi connectivity index (χ3v) is 4.92. The van der Waals surface area contributed by atoms with E-state index in [0.717, 1.165) is 22.4 Å². The van der Waals surface area contributed by atoms with Gasteiger partial charge in [-0.3, -0.25) is 14.5 Å². The quantitative estimate of drug-likeness (QED) is 0.610. The Balaban J connectivity index is 1.67. The third-order valence-electron chi connectivity index (χ3n) is 4.92. The lowest BCUT2D eigenvalue weighted by Gasteiger charge is -2.27. The Kier molecular flexibility index (Phi) is 4.70. The van der Waals surface area contributed by atoms with Gasteiger partial charge in [-0.05, 0) is 54.8 Å². The molecule has 3 aromatic rings. The van der Waals surface area contributed by atoms with E-state index in [4.69, 9.17) is 4.74 Å². The van der Waals surface area contributed by atoms with Crippen LogP contribution >= 0.6 is 0 Å². The summed E-state index contributed by atoms with van der Waals surface area (Å²) in [6.45, 7) is 4.22. The molecule has 0 bridgehead atoms. The molecule has 4 heteroatoms. The van der Waals surface area contributed by atoms with E-state index < -0.39 is 6.04 Å². The number of fused-ring (bicyclic) bond motifs is 1. The molecule has 2 amide bonds. The smallest absolute Gasteiger partial charge is 0.262 e. The first-order valence-electron chi connectivity index (χ1n) is 9.27. The van der Waals surface area contributed by atoms with Crippen molar-refractivity contribution in [2.24, 2.45) is 0 Å². The van der Waals surface area contributed by atoms with Gasteiger partial charge < -0.3 is 4.74 Å². The maximum absolute atomic E-state index is 13.0. The van der Waals surface area contributed by atoms with Crippen molar-refractivity contribution >= 4 is 11.8 Å². The number of nitrogens with zero attached hydrogens (tertiary/aromatic N) is 1. The average Bonchev–Trinajstić information content (AvgIpc) is 2.94. The zero-order valence-corrected chi connectivity index (χ0v) is 15.9. The van der Waals surface area contributed by atoms with Gasteiger partial charge in [-0.2, -0.15) is 0 Å². The number of hydrogen-bond acceptors (Lipinski definition) is 3. The van der Waals surface area contributed by atoms with E-state index >= 15 is 0 Å². The van der Waals surface area contributed by atoms with Crippen molar-refractivity contribution < 1.29 is 14.3 Å². The minimum absolute atomic E-state index is 0.193. The molecule has 0 unspecified atom stereocenters. The highest BCUT2D eigenvalue weighted by Gasteiger charge is 2.40. The molecular formula is C24H21NO3. The standard InChI is InChI=1S/C24H21NO3/c1-16-12-17(2)14-19(13-16)28-15-22(18-8-4-3-5-9-18)25-23(26)20-10-6-7-11-21(20)24(25)27/h3-14,22H,15H2,1-2H3/t22-/m0/s1. The maximum Gasteiger partial charge on any atom is 0.262 e. The molecule has 1 atom stereocenters. The van der Waals surface area contributed by atoms with Gasteiger partial charge in [-0.1, -0.05) is 48.5 Å². The number of ether oxygens (including phenoxy) is 1. The summed E-state index contributed by atoms with van der Waals surface area (Å²) in [4.78, 5) is 27.3. The fourth-order valence-corrected chi connectivity index (χ4v) is 3.68. The summed E-state index contributed by atoms with van der Waals surface area (Å²) in [5.41, 5.74) is 3.96. The monoisotopic (exact) mass is 371 g/mol. The second-order valence-electron chi connectivity index (χ2n) is 7.09. The van der Waals surface area contributed by atoms with Crippen LogP contribution in [-0.2, 0) is 0 Å². The molecule has 4 nitrogen and oxygen atoms in total. The molecule has 0 saturated carbocycles. The van der Waals surface area contributed by atoms with Crippen LogP contribution in [0, 0.1) is 13.8 Å². The van der Waals surface area contributed by atoms with Gasteiger partial charge >= 0.3 is 0 Å². The topological polar surface area (TPSA) is 46.6 Å². The maximum atomic E-state index is 13.0. The fraction of sp³-hybridized carbons (Fsp3) is 0.167. The first-order valence-corrected chi connectivity index (χ1v) is 9.27. The lowest BCUT2D eigenvalue weighted by Crippen LogP contribution is -2.37. The molecule has 0 N–H and O–H groups in total. The van der Waals surface area contributed by atoms with Gasteiger partial charge in [-0.25, -0.2) is 0 Å². The van der Waals surface area contributed by atoms with Gasteiger partial charge in [0.1, 0.15) is 12.4 Å². The van der Waals surface area contributed by atoms with Crippen LogP contribution in [0.1, 0.15) is 43.4 Å². The number of carbonyl (C=O) groups excluding carboxylic acids is 2. The van der Waals surface area contributed by atoms with Gasteiger partial charge in [-0.15, -0.1) is 0 Å². The molecule has 1 aliphatic rings. The summed E-state index contributed by atoms with van der Waals surface area (Å²) in [5, 5.41) is 0. The highest BCUT2D eigenvalue weighted by Crippen LogP contribution is 2.32. The minimum Gasteiger partial charge on any atom is -0.491 e. The predicted octanol–water partition coefficient (Wildman–Crippen LogP) is 4.72. The van der Waals surface area contributed by atoms with Crippen LogP contribution in [0.2, 0.25) is 0 Å². The molecule has 1 aliphatic heterocycles. The summed E-state index contributed by atoms with van der Waals surface area (Å²) < 4.78 is 6.05. The van der Waals surface area contributed by atoms with Crippen LogP contribution < -0.4 is 4.74 Å². The summed E-state index contributed by atoms with van der Waals surface area (Å²) in [6, 6.07) is 22.0. The Labute approximate surface area is 164 Å². The molecule has 0 spiro atoms. The Hall–Kier alpha value is -3.40. The van der Waals surface area contributed by atoms with Gasteiger partial charge in [0.05, 0.1) is 17.2 Å². The summed E-state index contributed by atoms with van der Waals surface area (Å²) in [6.07, 6.45) is 0. The lowest BCUT2D eigenvalue weighted by atomic mass is 10.1. The Morgan fingerprint density at radius 2 is 1.32 bits per heavy atom. The number of benzene rings is 3. The van der Waals surface area contributed by atoms with Crippen molar-refractivity contribution in [2.75, 3.05) is 6.61 Å². The normalized spacial score (nSPS) is 14.1. The number of rotatable bonds is 5. The predicted molar refractivity (Wildman–Crippen MR) is 108 cm³/mol. The Bertz CT molecular complexity index is 987. The Morgan fingerprint density at radius 3 is 1.89 bits per heavy atom. The molecule has 140 valence electrons. The van der Waals surface area contributed by atoms with E-state index in [-0.39, 0.29) is 18.4 Å². The zero-order chi connectivity index (χ0) is 19.7. The van der Waals surface area contributed by atoms with Crippen LogP contribution in [0.4, 0.5) is 0 Å². The number of aryl methyl sites for hydroxylation is 2. The van der Waals surface area contributed by atoms with Crippen molar-refractivity contribution in [3.63, 3.8) is 0 Å². The van der Waals surface area contributed by atoms with Crippen molar-refractivity contribution in [3.8, 4) is 5.75 Å². The van der Waals surface area contributed by atoms with E-state index in [1.807, 2.05) is 56.3 Å². The van der Waals surface area contributed by atoms with Gasteiger partial charge in [0.15, 0.2) is 0 Å². The number of hydrogen-bond donors (Lipinski definition) is 0. The highest BCUT2D eigenvalue weighted by atomic mass is 16.5. The fourth-order valence-electron chi connectivity index (χ4n) is 3.68. The largest absolute Gasteiger partial charge is 0.491 e. The summed E-state index contributed by atoms with van der Waals surface area (Å²) >= 11 is 0. The second kappa shape index (κ2) is 7.31.